The fourth-order valence-electron chi connectivity index (χ4n) is 3.89. The van der Waals surface area contributed by atoms with Gasteiger partial charge >= 0.3 is 0 Å². The van der Waals surface area contributed by atoms with Gasteiger partial charge < -0.3 is 4.74 Å². The van der Waals surface area contributed by atoms with Gasteiger partial charge in [-0.15, -0.1) is 0 Å². The molecule has 0 aliphatic carbocycles. The molecule has 3 aromatic rings. The fourth-order valence-corrected chi connectivity index (χ4v) is 4.25. The minimum absolute atomic E-state index is 0.0251. The Hall–Kier alpha value is -2.10. The number of hydrogen-bond acceptors (Lipinski definition) is 2. The topological polar surface area (TPSA) is 12.5 Å². The Morgan fingerprint density at radius 3 is 2.07 bits per heavy atom. The zero-order valence-electron chi connectivity index (χ0n) is 15.6. The van der Waals surface area contributed by atoms with Gasteiger partial charge in [0.05, 0.1) is 6.61 Å². The van der Waals surface area contributed by atoms with Crippen molar-refractivity contribution in [2.75, 3.05) is 13.2 Å². The molecule has 0 saturated carbocycles. The van der Waals surface area contributed by atoms with Crippen LogP contribution in [0.2, 0.25) is 0 Å². The van der Waals surface area contributed by atoms with Crippen LogP contribution in [0.25, 0.3) is 0 Å². The van der Waals surface area contributed by atoms with Crippen LogP contribution >= 0.6 is 15.9 Å². The van der Waals surface area contributed by atoms with E-state index in [-0.39, 0.29) is 5.41 Å². The summed E-state index contributed by atoms with van der Waals surface area (Å²) in [6.45, 7) is 5.83. The van der Waals surface area contributed by atoms with Gasteiger partial charge in [-0.2, -0.15) is 0 Å². The van der Waals surface area contributed by atoms with E-state index < -0.39 is 0 Å². The third-order valence-corrected chi connectivity index (χ3v) is 5.70. The van der Waals surface area contributed by atoms with Crippen LogP contribution in [0, 0.1) is 0 Å². The van der Waals surface area contributed by atoms with Crippen LogP contribution in [0.15, 0.2) is 83.3 Å². The Balaban J connectivity index is 1.60. The highest BCUT2D eigenvalue weighted by Crippen LogP contribution is 2.41. The lowest BCUT2D eigenvalue weighted by Gasteiger charge is -2.32. The average molecular weight is 422 g/mol. The molecule has 1 atom stereocenters. The number of benzene rings is 3. The van der Waals surface area contributed by atoms with E-state index in [9.17, 15) is 0 Å². The van der Waals surface area contributed by atoms with E-state index in [0.717, 1.165) is 36.5 Å². The van der Waals surface area contributed by atoms with E-state index in [2.05, 4.69) is 107 Å². The molecule has 3 heteroatoms. The molecule has 27 heavy (non-hydrogen) atoms. The van der Waals surface area contributed by atoms with Gasteiger partial charge in [0, 0.05) is 35.1 Å². The predicted octanol–water partition coefficient (Wildman–Crippen LogP) is 5.80. The summed E-state index contributed by atoms with van der Waals surface area (Å²) < 4.78 is 7.13. The summed E-state index contributed by atoms with van der Waals surface area (Å²) in [4.78, 5) is 2.53. The number of rotatable bonds is 6. The Morgan fingerprint density at radius 2 is 1.48 bits per heavy atom. The molecule has 1 aliphatic rings. The number of hydrogen-bond donors (Lipinski definition) is 0. The van der Waals surface area contributed by atoms with Crippen molar-refractivity contribution in [2.24, 2.45) is 0 Å². The highest BCUT2D eigenvalue weighted by atomic mass is 79.9. The molecule has 1 aliphatic heterocycles. The molecular weight excluding hydrogens is 398 g/mol. The molecule has 0 amide bonds. The van der Waals surface area contributed by atoms with E-state index >= 15 is 0 Å². The van der Waals surface area contributed by atoms with Gasteiger partial charge in [0.2, 0.25) is 0 Å². The van der Waals surface area contributed by atoms with Gasteiger partial charge in [0.15, 0.2) is 0 Å². The molecule has 0 bridgehead atoms. The van der Waals surface area contributed by atoms with Crippen molar-refractivity contribution < 1.29 is 4.74 Å². The van der Waals surface area contributed by atoms with Crippen molar-refractivity contribution in [2.45, 2.75) is 25.4 Å². The van der Waals surface area contributed by atoms with Gasteiger partial charge in [0.25, 0.3) is 0 Å². The summed E-state index contributed by atoms with van der Waals surface area (Å²) in [6.07, 6.45) is 0. The van der Waals surface area contributed by atoms with Crippen LogP contribution in [0.1, 0.15) is 23.6 Å². The third-order valence-electron chi connectivity index (χ3n) is 5.21. The number of ether oxygens (including phenoxy) is 1. The molecule has 0 spiro atoms. The lowest BCUT2D eigenvalue weighted by Crippen LogP contribution is -2.39. The van der Waals surface area contributed by atoms with E-state index in [4.69, 9.17) is 4.74 Å². The molecule has 0 fully saturated rings. The van der Waals surface area contributed by atoms with Crippen LogP contribution in [0.4, 0.5) is 0 Å². The number of fused-ring (bicyclic) bond motifs is 1. The van der Waals surface area contributed by atoms with Crippen LogP contribution in [0.3, 0.4) is 0 Å². The Kier molecular flexibility index (Phi) is 5.33. The van der Waals surface area contributed by atoms with Gasteiger partial charge in [-0.05, 0) is 29.3 Å². The van der Waals surface area contributed by atoms with Gasteiger partial charge in [0.1, 0.15) is 5.75 Å². The molecule has 0 radical (unpaired) electrons. The largest absolute Gasteiger partial charge is 0.492 e. The first-order chi connectivity index (χ1) is 13.1. The lowest BCUT2D eigenvalue weighted by molar-refractivity contribution is 0.172. The maximum Gasteiger partial charge on any atom is 0.123 e. The average Bonchev–Trinajstić information content (AvgIpc) is 2.99. The normalized spacial score (nSPS) is 18.3. The van der Waals surface area contributed by atoms with E-state index in [1.807, 2.05) is 0 Å². The summed E-state index contributed by atoms with van der Waals surface area (Å²) in [5, 5.41) is 0. The predicted molar refractivity (Wildman–Crippen MR) is 114 cm³/mol. The van der Waals surface area contributed by atoms with Gasteiger partial charge in [-0.3, -0.25) is 4.90 Å². The second kappa shape index (κ2) is 7.87. The highest BCUT2D eigenvalue weighted by molar-refractivity contribution is 9.10. The van der Waals surface area contributed by atoms with E-state index in [1.165, 1.54) is 16.7 Å². The fraction of sp³-hybridized carbons (Fsp3) is 0.250. The quantitative estimate of drug-likeness (QED) is 0.498. The molecule has 0 aromatic heterocycles. The maximum absolute atomic E-state index is 6.02. The molecule has 1 heterocycles. The molecule has 0 unspecified atom stereocenters. The van der Waals surface area contributed by atoms with Crippen LogP contribution in [-0.4, -0.2) is 18.1 Å². The zero-order chi connectivity index (χ0) is 18.7. The van der Waals surface area contributed by atoms with Crippen LogP contribution < -0.4 is 4.74 Å². The van der Waals surface area contributed by atoms with Crippen molar-refractivity contribution in [3.8, 4) is 5.75 Å². The summed E-state index contributed by atoms with van der Waals surface area (Å²) in [5.74, 6) is 1.01. The lowest BCUT2D eigenvalue weighted by atomic mass is 9.84. The first-order valence-electron chi connectivity index (χ1n) is 9.35. The molecule has 2 nitrogen and oxygen atoms in total. The standard InChI is InChI=1S/C24H24BrNO/c1-24(18-27-23-13-12-21(25)14-22(23)24)17-26(15-19-8-4-2-5-9-19)16-20-10-6-3-7-11-20/h2-14H,15-18H2,1H3/t24-/m0/s1. The minimum Gasteiger partial charge on any atom is -0.492 e. The Labute approximate surface area is 169 Å². The summed E-state index contributed by atoms with van der Waals surface area (Å²) in [5.41, 5.74) is 3.95. The summed E-state index contributed by atoms with van der Waals surface area (Å²) in [6, 6.07) is 27.8. The van der Waals surface area contributed by atoms with Gasteiger partial charge in [-0.25, -0.2) is 0 Å². The third kappa shape index (κ3) is 4.26. The maximum atomic E-state index is 6.02. The zero-order valence-corrected chi connectivity index (χ0v) is 17.2. The van der Waals surface area contributed by atoms with Crippen molar-refractivity contribution in [1.29, 1.82) is 0 Å². The number of halogens is 1. The van der Waals surface area contributed by atoms with Crippen molar-refractivity contribution in [1.82, 2.24) is 4.90 Å². The molecule has 0 saturated heterocycles. The van der Waals surface area contributed by atoms with Crippen molar-refractivity contribution in [3.05, 3.63) is 100 Å². The molecule has 3 aromatic carbocycles. The number of nitrogens with zero attached hydrogens (tertiary/aromatic N) is 1. The SMILES string of the molecule is C[C@]1(CN(Cc2ccccc2)Cc2ccccc2)COc2ccc(Br)cc21. The molecule has 138 valence electrons. The summed E-state index contributed by atoms with van der Waals surface area (Å²) >= 11 is 3.62. The molecule has 4 rings (SSSR count). The van der Waals surface area contributed by atoms with Crippen LogP contribution in [0.5, 0.6) is 5.75 Å². The molecule has 0 N–H and O–H groups in total. The van der Waals surface area contributed by atoms with E-state index in [0.29, 0.717) is 0 Å². The first-order valence-corrected chi connectivity index (χ1v) is 10.1. The Bertz CT molecular complexity index is 855. The minimum atomic E-state index is -0.0251. The van der Waals surface area contributed by atoms with Crippen LogP contribution in [-0.2, 0) is 18.5 Å². The monoisotopic (exact) mass is 421 g/mol. The van der Waals surface area contributed by atoms with E-state index in [1.54, 1.807) is 0 Å². The van der Waals surface area contributed by atoms with Gasteiger partial charge in [-0.1, -0.05) is 83.5 Å². The highest BCUT2D eigenvalue weighted by Gasteiger charge is 2.38. The summed E-state index contributed by atoms with van der Waals surface area (Å²) in [7, 11) is 0. The Morgan fingerprint density at radius 1 is 0.889 bits per heavy atom. The van der Waals surface area contributed by atoms with Crippen molar-refractivity contribution >= 4 is 15.9 Å². The molecular formula is C24H24BrNO. The first kappa shape index (κ1) is 18.3. The smallest absolute Gasteiger partial charge is 0.123 e. The second-order valence-corrected chi connectivity index (χ2v) is 8.52. The second-order valence-electron chi connectivity index (χ2n) is 7.61. The van der Waals surface area contributed by atoms with Crippen molar-refractivity contribution in [3.63, 3.8) is 0 Å².